The van der Waals surface area contributed by atoms with E-state index < -0.39 is 5.41 Å². The van der Waals surface area contributed by atoms with Crippen LogP contribution < -0.4 is 0 Å². The molecule has 1 aliphatic rings. The third-order valence-electron chi connectivity index (χ3n) is 7.05. The van der Waals surface area contributed by atoms with Gasteiger partial charge in [-0.25, -0.2) is 4.39 Å². The van der Waals surface area contributed by atoms with Crippen LogP contribution in [0.2, 0.25) is 0 Å². The van der Waals surface area contributed by atoms with Crippen molar-refractivity contribution >= 4 is 11.6 Å². The van der Waals surface area contributed by atoms with Gasteiger partial charge in [0.1, 0.15) is 11.6 Å². The van der Waals surface area contributed by atoms with Gasteiger partial charge in [0.05, 0.1) is 17.9 Å². The maximum atomic E-state index is 13.3. The quantitative estimate of drug-likeness (QED) is 0.385. The van der Waals surface area contributed by atoms with Gasteiger partial charge in [-0.3, -0.25) is 9.20 Å². The summed E-state index contributed by atoms with van der Waals surface area (Å²) in [4.78, 5) is 12.4. The summed E-state index contributed by atoms with van der Waals surface area (Å²) < 4.78 is 20.3. The molecule has 0 unspecified atom stereocenters. The van der Waals surface area contributed by atoms with Gasteiger partial charge < -0.3 is 4.74 Å². The number of aromatic nitrogens is 3. The molecule has 2 aromatic heterocycles. The Kier molecular flexibility index (Phi) is 5.04. The molecule has 0 bridgehead atoms. The van der Waals surface area contributed by atoms with E-state index in [9.17, 15) is 9.18 Å². The van der Waals surface area contributed by atoms with E-state index in [1.165, 1.54) is 24.8 Å². The molecule has 0 atom stereocenters. The lowest BCUT2D eigenvalue weighted by atomic mass is 9.63. The third kappa shape index (κ3) is 3.32. The summed E-state index contributed by atoms with van der Waals surface area (Å²) in [6.45, 7) is 3.69. The Labute approximate surface area is 192 Å². The minimum atomic E-state index is -0.842. The number of hydrogen-bond acceptors (Lipinski definition) is 4. The van der Waals surface area contributed by atoms with Crippen LogP contribution in [0.15, 0.2) is 66.9 Å². The number of rotatable bonds is 5. The van der Waals surface area contributed by atoms with Crippen molar-refractivity contribution in [3.8, 4) is 11.1 Å². The molecule has 4 aromatic rings. The van der Waals surface area contributed by atoms with E-state index in [-0.39, 0.29) is 17.2 Å². The fraction of sp³-hybridized carbons (Fsp3) is 0.296. The highest BCUT2D eigenvalue weighted by Gasteiger charge is 2.45. The highest BCUT2D eigenvalue weighted by atomic mass is 19.1. The number of hydrogen-bond donors (Lipinski definition) is 0. The smallest absolute Gasteiger partial charge is 0.315 e. The predicted octanol–water partition coefficient (Wildman–Crippen LogP) is 5.46. The van der Waals surface area contributed by atoms with Crippen LogP contribution in [0.3, 0.4) is 0 Å². The molecule has 5 nitrogen and oxygen atoms in total. The first-order chi connectivity index (χ1) is 15.9. The zero-order chi connectivity index (χ0) is 23.2. The van der Waals surface area contributed by atoms with Gasteiger partial charge in [0.15, 0.2) is 5.65 Å². The van der Waals surface area contributed by atoms with Crippen LogP contribution in [-0.4, -0.2) is 27.7 Å². The molecule has 1 saturated carbocycles. The summed E-state index contributed by atoms with van der Waals surface area (Å²) in [5, 5.41) is 9.15. The number of fused-ring (bicyclic) bond motifs is 1. The first-order valence-corrected chi connectivity index (χ1v) is 11.2. The zero-order valence-corrected chi connectivity index (χ0v) is 19.0. The van der Waals surface area contributed by atoms with Crippen molar-refractivity contribution in [1.29, 1.82) is 0 Å². The second-order valence-electron chi connectivity index (χ2n) is 9.28. The van der Waals surface area contributed by atoms with Crippen LogP contribution in [-0.2, 0) is 20.4 Å². The molecule has 2 heterocycles. The number of pyridine rings is 1. The van der Waals surface area contributed by atoms with E-state index in [2.05, 4.69) is 34.5 Å². The highest BCUT2D eigenvalue weighted by molar-refractivity contribution is 5.84. The molecule has 2 aromatic carbocycles. The molecule has 0 N–H and O–H groups in total. The number of halogens is 1. The zero-order valence-electron chi connectivity index (χ0n) is 19.0. The van der Waals surface area contributed by atoms with Gasteiger partial charge in [0, 0.05) is 11.8 Å². The lowest BCUT2D eigenvalue weighted by Gasteiger charge is -2.41. The SMILES string of the molecule is COC(=O)C(C)(C)c1cccn2c(C3(c4ccc(-c5ccc(F)cc5)cc4)CCC3)nnc12. The second kappa shape index (κ2) is 7.80. The minimum Gasteiger partial charge on any atom is -0.468 e. The Hall–Kier alpha value is -3.54. The van der Waals surface area contributed by atoms with Crippen molar-refractivity contribution in [2.24, 2.45) is 0 Å². The average molecular weight is 444 g/mol. The summed E-state index contributed by atoms with van der Waals surface area (Å²) in [5.74, 6) is 0.341. The van der Waals surface area contributed by atoms with Crippen LogP contribution in [0.1, 0.15) is 50.1 Å². The fourth-order valence-electron chi connectivity index (χ4n) is 4.89. The van der Waals surface area contributed by atoms with E-state index in [0.29, 0.717) is 5.65 Å². The summed E-state index contributed by atoms with van der Waals surface area (Å²) in [7, 11) is 1.40. The number of carbonyl (C=O) groups excluding carboxylic acids is 1. The van der Waals surface area contributed by atoms with Crippen LogP contribution in [0.4, 0.5) is 4.39 Å². The first kappa shape index (κ1) is 21.3. The highest BCUT2D eigenvalue weighted by Crippen LogP contribution is 2.48. The van der Waals surface area contributed by atoms with Crippen LogP contribution in [0, 0.1) is 5.82 Å². The fourth-order valence-corrected chi connectivity index (χ4v) is 4.89. The minimum absolute atomic E-state index is 0.227. The standard InChI is InChI=1S/C27H26FN3O2/c1-26(2,25(32)33-3)22-6-4-17-31-23(22)29-30-24(31)27(15-5-16-27)20-11-7-18(8-12-20)19-9-13-21(28)14-10-19/h4,6-14,17H,5,15-16H2,1-3H3. The molecule has 0 radical (unpaired) electrons. The van der Waals surface area contributed by atoms with Crippen LogP contribution >= 0.6 is 0 Å². The molecule has 168 valence electrons. The number of ether oxygens (including phenoxy) is 1. The monoisotopic (exact) mass is 443 g/mol. The largest absolute Gasteiger partial charge is 0.468 e. The van der Waals surface area contributed by atoms with Gasteiger partial charge in [-0.2, -0.15) is 0 Å². The molecular weight excluding hydrogens is 417 g/mol. The van der Waals surface area contributed by atoms with Crippen molar-refractivity contribution in [1.82, 2.24) is 14.6 Å². The van der Waals surface area contributed by atoms with E-state index in [1.807, 2.05) is 36.6 Å². The van der Waals surface area contributed by atoms with Crippen molar-refractivity contribution in [2.45, 2.75) is 43.9 Å². The second-order valence-corrected chi connectivity index (χ2v) is 9.28. The molecule has 33 heavy (non-hydrogen) atoms. The van der Waals surface area contributed by atoms with Crippen molar-refractivity contribution in [2.75, 3.05) is 7.11 Å². The van der Waals surface area contributed by atoms with Crippen LogP contribution in [0.25, 0.3) is 16.8 Å². The normalized spacial score (nSPS) is 15.3. The molecule has 0 spiro atoms. The lowest BCUT2D eigenvalue weighted by Crippen LogP contribution is -2.37. The third-order valence-corrected chi connectivity index (χ3v) is 7.05. The van der Waals surface area contributed by atoms with E-state index >= 15 is 0 Å². The molecule has 0 aliphatic heterocycles. The first-order valence-electron chi connectivity index (χ1n) is 11.2. The molecule has 5 rings (SSSR count). The Morgan fingerprint density at radius 2 is 1.64 bits per heavy atom. The summed E-state index contributed by atoms with van der Waals surface area (Å²) >= 11 is 0. The van der Waals surface area contributed by atoms with Crippen LogP contribution in [0.5, 0.6) is 0 Å². The van der Waals surface area contributed by atoms with E-state index in [1.54, 1.807) is 12.1 Å². The predicted molar refractivity (Wildman–Crippen MR) is 124 cm³/mol. The Morgan fingerprint density at radius 1 is 1.00 bits per heavy atom. The topological polar surface area (TPSA) is 56.5 Å². The molecule has 1 fully saturated rings. The van der Waals surface area contributed by atoms with Gasteiger partial charge in [-0.1, -0.05) is 48.9 Å². The van der Waals surface area contributed by atoms with E-state index in [0.717, 1.165) is 41.8 Å². The van der Waals surface area contributed by atoms with Gasteiger partial charge in [-0.05, 0) is 61.6 Å². The van der Waals surface area contributed by atoms with Crippen molar-refractivity contribution in [3.63, 3.8) is 0 Å². The number of methoxy groups -OCH3 is 1. The number of nitrogens with zero attached hydrogens (tertiary/aromatic N) is 3. The number of carbonyl (C=O) groups is 1. The molecule has 1 aliphatic carbocycles. The Bertz CT molecular complexity index is 1320. The molecular formula is C27H26FN3O2. The van der Waals surface area contributed by atoms with E-state index in [4.69, 9.17) is 4.74 Å². The Balaban J connectivity index is 1.57. The van der Waals surface area contributed by atoms with Gasteiger partial charge in [0.2, 0.25) is 0 Å². The van der Waals surface area contributed by atoms with Gasteiger partial charge in [-0.15, -0.1) is 10.2 Å². The Morgan fingerprint density at radius 3 is 2.21 bits per heavy atom. The summed E-state index contributed by atoms with van der Waals surface area (Å²) in [6, 6.07) is 18.8. The van der Waals surface area contributed by atoms with Gasteiger partial charge in [0.25, 0.3) is 0 Å². The molecule has 0 amide bonds. The molecule has 0 saturated heterocycles. The lowest BCUT2D eigenvalue weighted by molar-refractivity contribution is -0.146. The number of esters is 1. The maximum absolute atomic E-state index is 13.3. The molecule has 6 heteroatoms. The maximum Gasteiger partial charge on any atom is 0.315 e. The van der Waals surface area contributed by atoms with Gasteiger partial charge >= 0.3 is 5.97 Å². The average Bonchev–Trinajstić information content (AvgIpc) is 3.23. The summed E-state index contributed by atoms with van der Waals surface area (Å²) in [5.41, 5.74) is 3.61. The van der Waals surface area contributed by atoms with Crippen molar-refractivity contribution in [3.05, 3.63) is 89.6 Å². The number of benzene rings is 2. The summed E-state index contributed by atoms with van der Waals surface area (Å²) in [6.07, 6.45) is 5.04. The van der Waals surface area contributed by atoms with Crippen molar-refractivity contribution < 1.29 is 13.9 Å².